The maximum atomic E-state index is 12.3. The van der Waals surface area contributed by atoms with Gasteiger partial charge in [0, 0.05) is 17.7 Å². The first-order valence-corrected chi connectivity index (χ1v) is 9.33. The van der Waals surface area contributed by atoms with E-state index >= 15 is 0 Å². The van der Waals surface area contributed by atoms with Crippen molar-refractivity contribution in [2.75, 3.05) is 11.1 Å². The molecule has 3 aromatic rings. The Bertz CT molecular complexity index is 1240. The van der Waals surface area contributed by atoms with Gasteiger partial charge in [0.1, 0.15) is 6.04 Å². The normalized spacial score (nSPS) is 10.9. The number of nitrogen functional groups attached to an aromatic ring is 1. The van der Waals surface area contributed by atoms with Crippen LogP contribution in [0.1, 0.15) is 28.9 Å². The Morgan fingerprint density at radius 1 is 1.12 bits per heavy atom. The Hall–Kier alpha value is -2.62. The van der Waals surface area contributed by atoms with Crippen molar-refractivity contribution in [3.8, 4) is 0 Å². The minimum absolute atomic E-state index is 0. The number of aliphatic carboxylic acids is 2. The summed E-state index contributed by atoms with van der Waals surface area (Å²) < 4.78 is 0. The van der Waals surface area contributed by atoms with Gasteiger partial charge in [0.05, 0.1) is 18.4 Å². The van der Waals surface area contributed by atoms with Crippen molar-refractivity contribution >= 4 is 40.6 Å². The average molecular weight is 516 g/mol. The zero-order chi connectivity index (χ0) is 23.3. The number of carbonyl (C=O) groups is 3. The average Bonchev–Trinajstić information content (AvgIpc) is 2.75. The number of carboxylic acids is 2. The van der Waals surface area contributed by atoms with Crippen LogP contribution >= 0.6 is 0 Å². The van der Waals surface area contributed by atoms with Crippen LogP contribution in [-0.4, -0.2) is 54.0 Å². The summed E-state index contributed by atoms with van der Waals surface area (Å²) >= 11 is 0. The van der Waals surface area contributed by atoms with E-state index < -0.39 is 29.4 Å². The molecule has 1 amide bonds. The van der Waals surface area contributed by atoms with Gasteiger partial charge in [0.2, 0.25) is 5.95 Å². The zero-order valence-corrected chi connectivity index (χ0v) is 21.8. The van der Waals surface area contributed by atoms with Gasteiger partial charge < -0.3 is 44.0 Å². The second-order valence-corrected chi connectivity index (χ2v) is 6.71. The number of nitrogens with two attached hydrogens (primary N) is 1. The number of fused-ring (bicyclic) bond motifs is 1. The minimum Gasteiger partial charge on any atom is -1.00 e. The van der Waals surface area contributed by atoms with Crippen LogP contribution in [0.3, 0.4) is 0 Å². The molecule has 0 saturated heterocycles. The van der Waals surface area contributed by atoms with E-state index in [0.717, 1.165) is 0 Å². The number of carbonyl (C=O) groups excluding carboxylic acids is 1. The molecule has 2 aromatic heterocycles. The maximum absolute atomic E-state index is 12.3. The molecule has 0 fully saturated rings. The molecule has 7 N–H and O–H groups in total. The van der Waals surface area contributed by atoms with Gasteiger partial charge in [-0.3, -0.25) is 14.4 Å². The topological polar surface area (TPSA) is 213 Å². The van der Waals surface area contributed by atoms with E-state index in [1.807, 2.05) is 0 Å². The van der Waals surface area contributed by atoms with Crippen molar-refractivity contribution in [2.24, 2.45) is 0 Å². The van der Waals surface area contributed by atoms with Crippen LogP contribution in [0, 0.1) is 0 Å². The fourth-order valence-electron chi connectivity index (χ4n) is 2.76. The van der Waals surface area contributed by atoms with E-state index in [9.17, 15) is 19.2 Å². The molecular weight excluding hydrogens is 497 g/mol. The number of aromatic amines is 1. The summed E-state index contributed by atoms with van der Waals surface area (Å²) in [5.41, 5.74) is 6.47. The number of nitrogens with one attached hydrogen (secondary N) is 3. The van der Waals surface area contributed by atoms with E-state index in [-0.39, 0.29) is 106 Å². The predicted octanol–water partition coefficient (Wildman–Crippen LogP) is -6.04. The Morgan fingerprint density at radius 2 is 1.79 bits per heavy atom. The molecule has 1 atom stereocenters. The molecule has 2 heterocycles. The number of hydrogen-bond donors (Lipinski definition) is 6. The molecule has 0 aliphatic carbocycles. The SMILES string of the molecule is Nc1nc(=O)c2nc(CNc3ccc(C(=O)N[C@@H](CCC(=O)O)C(=O)O)cc3)cnc2[nH]1.[Cl-].[K+]. The maximum Gasteiger partial charge on any atom is 1.00 e. The fourth-order valence-corrected chi connectivity index (χ4v) is 2.76. The first-order chi connectivity index (χ1) is 15.2. The largest absolute Gasteiger partial charge is 1.00 e. The summed E-state index contributed by atoms with van der Waals surface area (Å²) in [5.74, 6) is -3.16. The molecule has 0 unspecified atom stereocenters. The Labute approximate surface area is 240 Å². The quantitative estimate of drug-likeness (QED) is 0.147. The molecule has 174 valence electrons. The number of halogens is 1. The zero-order valence-electron chi connectivity index (χ0n) is 17.9. The second kappa shape index (κ2) is 13.3. The van der Waals surface area contributed by atoms with Gasteiger partial charge in [-0.15, -0.1) is 0 Å². The molecule has 0 spiro atoms. The van der Waals surface area contributed by atoms with Crippen LogP contribution in [0.4, 0.5) is 11.6 Å². The van der Waals surface area contributed by atoms with Gasteiger partial charge in [0.15, 0.2) is 11.2 Å². The summed E-state index contributed by atoms with van der Waals surface area (Å²) in [4.78, 5) is 60.5. The monoisotopic (exact) mass is 515 g/mol. The summed E-state index contributed by atoms with van der Waals surface area (Å²) in [6.45, 7) is 0.231. The molecule has 0 saturated carbocycles. The van der Waals surface area contributed by atoms with Crippen LogP contribution in [0.15, 0.2) is 35.3 Å². The smallest absolute Gasteiger partial charge is 1.00 e. The first-order valence-electron chi connectivity index (χ1n) is 9.33. The van der Waals surface area contributed by atoms with Crippen LogP contribution in [-0.2, 0) is 16.1 Å². The van der Waals surface area contributed by atoms with Gasteiger partial charge in [0.25, 0.3) is 5.91 Å². The number of rotatable bonds is 9. The summed E-state index contributed by atoms with van der Waals surface area (Å²) in [7, 11) is 0. The second-order valence-electron chi connectivity index (χ2n) is 6.71. The molecule has 0 aliphatic heterocycles. The van der Waals surface area contributed by atoms with Gasteiger partial charge in [-0.1, -0.05) is 0 Å². The van der Waals surface area contributed by atoms with Crippen molar-refractivity contribution in [1.29, 1.82) is 0 Å². The number of carboxylic acid groups (broad SMARTS) is 2. The van der Waals surface area contributed by atoms with E-state index in [4.69, 9.17) is 15.9 Å². The predicted molar refractivity (Wildman–Crippen MR) is 112 cm³/mol. The summed E-state index contributed by atoms with van der Waals surface area (Å²) in [6, 6.07) is 4.86. The molecule has 34 heavy (non-hydrogen) atoms. The van der Waals surface area contributed by atoms with Crippen LogP contribution in [0.5, 0.6) is 0 Å². The van der Waals surface area contributed by atoms with Crippen molar-refractivity contribution in [1.82, 2.24) is 25.3 Å². The standard InChI is InChI=1S/C19H19N7O6.ClH.K/c20-19-25-15-14(17(30)26-19)23-11(8-22-15)7-21-10-3-1-9(2-4-10)16(29)24-12(18(31)32)5-6-13(27)28;;/h1-4,8,12,21H,5-7H2,(H,24,29)(H,27,28)(H,31,32)(H3,20,22,25,26,30);1H;/q;;+1/p-1/t12-;;/m0../s1. The molecule has 0 aliphatic rings. The Kier molecular flexibility index (Phi) is 11.5. The number of amides is 1. The third kappa shape index (κ3) is 8.00. The van der Waals surface area contributed by atoms with E-state index in [1.54, 1.807) is 12.1 Å². The van der Waals surface area contributed by atoms with Gasteiger partial charge >= 0.3 is 68.9 Å². The van der Waals surface area contributed by atoms with E-state index in [0.29, 0.717) is 11.4 Å². The van der Waals surface area contributed by atoms with Crippen molar-refractivity contribution in [2.45, 2.75) is 25.4 Å². The molecule has 0 radical (unpaired) electrons. The van der Waals surface area contributed by atoms with Crippen molar-refractivity contribution < 1.29 is 88.4 Å². The fraction of sp³-hybridized carbons (Fsp3) is 0.211. The molecule has 15 heteroatoms. The molecule has 0 bridgehead atoms. The Balaban J connectivity index is 0.00000289. The number of nitrogens with zero attached hydrogens (tertiary/aromatic N) is 3. The molecule has 3 rings (SSSR count). The first kappa shape index (κ1) is 29.4. The number of hydrogen-bond acceptors (Lipinski definition) is 9. The summed E-state index contributed by atoms with van der Waals surface area (Å²) in [5, 5.41) is 23.2. The van der Waals surface area contributed by atoms with Gasteiger partial charge in [-0.2, -0.15) is 4.98 Å². The Morgan fingerprint density at radius 3 is 2.41 bits per heavy atom. The molecule has 13 nitrogen and oxygen atoms in total. The molecule has 1 aromatic carbocycles. The number of anilines is 2. The van der Waals surface area contributed by atoms with Crippen LogP contribution < -0.4 is 85.7 Å². The minimum atomic E-state index is -1.31. The van der Waals surface area contributed by atoms with Gasteiger partial charge in [-0.25, -0.2) is 14.8 Å². The van der Waals surface area contributed by atoms with Crippen molar-refractivity contribution in [3.63, 3.8) is 0 Å². The number of H-pyrrole nitrogens is 1. The summed E-state index contributed by atoms with van der Waals surface area (Å²) in [6.07, 6.45) is 0.858. The van der Waals surface area contributed by atoms with Crippen LogP contribution in [0.2, 0.25) is 0 Å². The van der Waals surface area contributed by atoms with Crippen LogP contribution in [0.25, 0.3) is 11.2 Å². The van der Waals surface area contributed by atoms with E-state index in [2.05, 4.69) is 30.6 Å². The van der Waals surface area contributed by atoms with Gasteiger partial charge in [-0.05, 0) is 30.7 Å². The van der Waals surface area contributed by atoms with Crippen molar-refractivity contribution in [3.05, 3.63) is 52.1 Å². The molecular formula is C19H19ClKN7O6. The third-order valence-corrected chi connectivity index (χ3v) is 4.36. The number of aromatic nitrogens is 4. The van der Waals surface area contributed by atoms with E-state index in [1.165, 1.54) is 18.3 Å². The third-order valence-electron chi connectivity index (χ3n) is 4.36. The number of benzene rings is 1.